The van der Waals surface area contributed by atoms with Gasteiger partial charge in [0.2, 0.25) is 0 Å². The lowest BCUT2D eigenvalue weighted by Gasteiger charge is -1.95. The maximum Gasteiger partial charge on any atom is 0.182 e. The molecule has 0 aliphatic heterocycles. The molecule has 3 nitrogen and oxygen atoms in total. The van der Waals surface area contributed by atoms with Gasteiger partial charge in [-0.25, -0.2) is 4.98 Å². The van der Waals surface area contributed by atoms with Gasteiger partial charge >= 0.3 is 0 Å². The average Bonchev–Trinajstić information content (AvgIpc) is 2.05. The minimum Gasteiger partial charge on any atom is -0.292 e. The Bertz CT molecular complexity index is 253. The van der Waals surface area contributed by atoms with E-state index in [0.29, 0.717) is 12.1 Å². The fraction of sp³-hybridized carbons (Fsp3) is 0.375. The maximum atomic E-state index is 11.0. The van der Waals surface area contributed by atoms with E-state index in [-0.39, 0.29) is 5.78 Å². The van der Waals surface area contributed by atoms with Crippen LogP contribution in [0.4, 0.5) is 0 Å². The fourth-order valence-electron chi connectivity index (χ4n) is 0.718. The van der Waals surface area contributed by atoms with Gasteiger partial charge in [0.1, 0.15) is 5.69 Å². The van der Waals surface area contributed by atoms with Crippen molar-refractivity contribution >= 4 is 5.78 Å². The number of ketones is 1. The van der Waals surface area contributed by atoms with E-state index in [0.717, 1.165) is 5.69 Å². The maximum absolute atomic E-state index is 11.0. The summed E-state index contributed by atoms with van der Waals surface area (Å²) >= 11 is 0. The summed E-state index contributed by atoms with van der Waals surface area (Å²) in [5.41, 5.74) is 1.29. The van der Waals surface area contributed by atoms with E-state index in [9.17, 15) is 4.79 Å². The smallest absolute Gasteiger partial charge is 0.182 e. The summed E-state index contributed by atoms with van der Waals surface area (Å²) in [6.45, 7) is 3.65. The summed E-state index contributed by atoms with van der Waals surface area (Å²) in [7, 11) is 0. The largest absolute Gasteiger partial charge is 0.292 e. The van der Waals surface area contributed by atoms with Crippen molar-refractivity contribution in [2.75, 3.05) is 0 Å². The van der Waals surface area contributed by atoms with Gasteiger partial charge < -0.3 is 0 Å². The number of aromatic nitrogens is 2. The molecule has 11 heavy (non-hydrogen) atoms. The molecule has 0 saturated carbocycles. The summed E-state index contributed by atoms with van der Waals surface area (Å²) in [4.78, 5) is 18.9. The molecule has 0 aliphatic carbocycles. The van der Waals surface area contributed by atoms with Gasteiger partial charge in [0.05, 0.1) is 11.9 Å². The third-order valence-corrected chi connectivity index (χ3v) is 1.39. The number of Topliss-reactive ketones (excluding diaryl/α,β-unsaturated/α-hetero) is 1. The van der Waals surface area contributed by atoms with Gasteiger partial charge in [0.15, 0.2) is 5.78 Å². The van der Waals surface area contributed by atoms with E-state index in [1.807, 2.05) is 13.8 Å². The van der Waals surface area contributed by atoms with Gasteiger partial charge in [0, 0.05) is 12.6 Å². The van der Waals surface area contributed by atoms with E-state index in [1.54, 1.807) is 6.20 Å². The molecule has 0 bridgehead atoms. The van der Waals surface area contributed by atoms with Crippen LogP contribution >= 0.6 is 0 Å². The zero-order valence-corrected chi connectivity index (χ0v) is 6.66. The van der Waals surface area contributed by atoms with Gasteiger partial charge in [-0.1, -0.05) is 6.92 Å². The van der Waals surface area contributed by atoms with Gasteiger partial charge in [-0.05, 0) is 6.92 Å². The molecule has 1 aromatic rings. The van der Waals surface area contributed by atoms with Crippen molar-refractivity contribution < 1.29 is 4.79 Å². The first-order chi connectivity index (χ1) is 5.24. The summed E-state index contributed by atoms with van der Waals surface area (Å²) in [5.74, 6) is 0.0394. The molecule has 0 aromatic carbocycles. The molecular formula is C8H10N2O. The number of aryl methyl sites for hydroxylation is 1. The van der Waals surface area contributed by atoms with Crippen LogP contribution in [0.3, 0.4) is 0 Å². The van der Waals surface area contributed by atoms with Crippen molar-refractivity contribution in [1.82, 2.24) is 9.97 Å². The van der Waals surface area contributed by atoms with Gasteiger partial charge in [-0.2, -0.15) is 0 Å². The number of hydrogen-bond acceptors (Lipinski definition) is 3. The van der Waals surface area contributed by atoms with Crippen molar-refractivity contribution in [2.24, 2.45) is 0 Å². The Kier molecular flexibility index (Phi) is 2.31. The molecule has 0 aliphatic rings. The predicted octanol–water partition coefficient (Wildman–Crippen LogP) is 1.38. The molecule has 0 radical (unpaired) electrons. The molecule has 0 saturated heterocycles. The summed E-state index contributed by atoms with van der Waals surface area (Å²) < 4.78 is 0. The van der Waals surface area contributed by atoms with Crippen LogP contribution in [0.2, 0.25) is 0 Å². The minimum atomic E-state index is 0.0394. The lowest BCUT2D eigenvalue weighted by atomic mass is 10.2. The van der Waals surface area contributed by atoms with E-state index in [2.05, 4.69) is 9.97 Å². The molecule has 0 fully saturated rings. The molecule has 1 rings (SSSR count). The van der Waals surface area contributed by atoms with E-state index in [1.165, 1.54) is 6.20 Å². The van der Waals surface area contributed by atoms with Crippen molar-refractivity contribution in [3.05, 3.63) is 23.8 Å². The molecule has 0 atom stereocenters. The van der Waals surface area contributed by atoms with Crippen LogP contribution in [-0.2, 0) is 0 Å². The first-order valence-corrected chi connectivity index (χ1v) is 3.56. The number of carbonyl (C=O) groups excluding carboxylic acids is 1. The van der Waals surface area contributed by atoms with Crippen LogP contribution in [0.25, 0.3) is 0 Å². The van der Waals surface area contributed by atoms with Crippen molar-refractivity contribution in [3.63, 3.8) is 0 Å². The van der Waals surface area contributed by atoms with Gasteiger partial charge in [-0.15, -0.1) is 0 Å². The number of rotatable bonds is 2. The zero-order chi connectivity index (χ0) is 8.27. The SMILES string of the molecule is CCC(=O)c1cnc(C)cn1. The number of nitrogens with zero attached hydrogens (tertiary/aromatic N) is 2. The molecule has 0 N–H and O–H groups in total. The average molecular weight is 150 g/mol. The van der Waals surface area contributed by atoms with Crippen LogP contribution in [0.5, 0.6) is 0 Å². The second-order valence-electron chi connectivity index (χ2n) is 2.32. The van der Waals surface area contributed by atoms with Crippen LogP contribution in [-0.4, -0.2) is 15.8 Å². The second-order valence-corrected chi connectivity index (χ2v) is 2.32. The summed E-state index contributed by atoms with van der Waals surface area (Å²) in [6.07, 6.45) is 3.60. The molecule has 0 spiro atoms. The number of carbonyl (C=O) groups is 1. The van der Waals surface area contributed by atoms with E-state index < -0.39 is 0 Å². The van der Waals surface area contributed by atoms with Crippen molar-refractivity contribution in [1.29, 1.82) is 0 Å². The Morgan fingerprint density at radius 2 is 2.18 bits per heavy atom. The van der Waals surface area contributed by atoms with Crippen molar-refractivity contribution in [3.8, 4) is 0 Å². The topological polar surface area (TPSA) is 42.9 Å². The monoisotopic (exact) mass is 150 g/mol. The van der Waals surface area contributed by atoms with Gasteiger partial charge in [0.25, 0.3) is 0 Å². The third-order valence-electron chi connectivity index (χ3n) is 1.39. The quantitative estimate of drug-likeness (QED) is 0.598. The standard InChI is InChI=1S/C8H10N2O/c1-3-8(11)7-5-9-6(2)4-10-7/h4-5H,3H2,1-2H3. The van der Waals surface area contributed by atoms with E-state index >= 15 is 0 Å². The summed E-state index contributed by atoms with van der Waals surface area (Å²) in [5, 5.41) is 0. The Balaban J connectivity index is 2.90. The van der Waals surface area contributed by atoms with Crippen LogP contribution in [0.15, 0.2) is 12.4 Å². The zero-order valence-electron chi connectivity index (χ0n) is 6.66. The van der Waals surface area contributed by atoms with Crippen molar-refractivity contribution in [2.45, 2.75) is 20.3 Å². The summed E-state index contributed by atoms with van der Waals surface area (Å²) in [6, 6.07) is 0. The number of hydrogen-bond donors (Lipinski definition) is 0. The molecular weight excluding hydrogens is 140 g/mol. The lowest BCUT2D eigenvalue weighted by Crippen LogP contribution is -2.00. The van der Waals surface area contributed by atoms with Crippen LogP contribution in [0, 0.1) is 6.92 Å². The Morgan fingerprint density at radius 1 is 1.45 bits per heavy atom. The first kappa shape index (κ1) is 7.85. The fourth-order valence-corrected chi connectivity index (χ4v) is 0.718. The Labute approximate surface area is 65.5 Å². The molecule has 0 amide bonds. The second kappa shape index (κ2) is 3.23. The predicted molar refractivity (Wildman–Crippen MR) is 41.4 cm³/mol. The molecule has 58 valence electrons. The highest BCUT2D eigenvalue weighted by molar-refractivity contribution is 5.93. The minimum absolute atomic E-state index is 0.0394. The lowest BCUT2D eigenvalue weighted by molar-refractivity contribution is 0.0983. The normalized spacial score (nSPS) is 9.64. The molecule has 0 unspecified atom stereocenters. The Morgan fingerprint density at radius 3 is 2.64 bits per heavy atom. The Hall–Kier alpha value is -1.25. The molecule has 3 heteroatoms. The van der Waals surface area contributed by atoms with Gasteiger partial charge in [-0.3, -0.25) is 9.78 Å². The first-order valence-electron chi connectivity index (χ1n) is 3.56. The molecule has 1 heterocycles. The highest BCUT2D eigenvalue weighted by atomic mass is 16.1. The van der Waals surface area contributed by atoms with Crippen LogP contribution < -0.4 is 0 Å². The highest BCUT2D eigenvalue weighted by Gasteiger charge is 2.02. The molecule has 1 aromatic heterocycles. The third kappa shape index (κ3) is 1.83. The van der Waals surface area contributed by atoms with E-state index in [4.69, 9.17) is 0 Å². The highest BCUT2D eigenvalue weighted by Crippen LogP contribution is 1.97. The van der Waals surface area contributed by atoms with Crippen LogP contribution in [0.1, 0.15) is 29.5 Å².